The van der Waals surface area contributed by atoms with Crippen LogP contribution in [0.2, 0.25) is 0 Å². The molecule has 0 saturated carbocycles. The van der Waals surface area contributed by atoms with Crippen LogP contribution in [0.5, 0.6) is 0 Å². The predicted molar refractivity (Wildman–Crippen MR) is 95.0 cm³/mol. The van der Waals surface area contributed by atoms with Gasteiger partial charge in [0.1, 0.15) is 4.90 Å². The van der Waals surface area contributed by atoms with Crippen molar-refractivity contribution in [3.8, 4) is 5.69 Å². The first kappa shape index (κ1) is 16.3. The van der Waals surface area contributed by atoms with E-state index < -0.39 is 10.0 Å². The lowest BCUT2D eigenvalue weighted by molar-refractivity contribution is 0.601. The highest BCUT2D eigenvalue weighted by molar-refractivity contribution is 7.92. The van der Waals surface area contributed by atoms with E-state index in [9.17, 15) is 8.42 Å². The lowest BCUT2D eigenvalue weighted by atomic mass is 10.1. The lowest BCUT2D eigenvalue weighted by Crippen LogP contribution is -2.14. The summed E-state index contributed by atoms with van der Waals surface area (Å²) >= 11 is 0. The number of hydrogen-bond acceptors (Lipinski definition) is 3. The molecular weight excluding hydrogens is 322 g/mol. The van der Waals surface area contributed by atoms with E-state index in [4.69, 9.17) is 0 Å². The summed E-state index contributed by atoms with van der Waals surface area (Å²) in [6, 6.07) is 13.3. The Labute approximate surface area is 142 Å². The highest BCUT2D eigenvalue weighted by atomic mass is 32.2. The summed E-state index contributed by atoms with van der Waals surface area (Å²) in [5.74, 6) is 0. The third-order valence-corrected chi connectivity index (χ3v) is 5.11. The van der Waals surface area contributed by atoms with Gasteiger partial charge in [0, 0.05) is 0 Å². The van der Waals surface area contributed by atoms with Gasteiger partial charge in [0.25, 0.3) is 10.0 Å². The van der Waals surface area contributed by atoms with E-state index in [1.165, 1.54) is 12.4 Å². The minimum absolute atomic E-state index is 0.130. The Balaban J connectivity index is 1.94. The first-order valence-corrected chi connectivity index (χ1v) is 9.06. The van der Waals surface area contributed by atoms with E-state index in [2.05, 4.69) is 9.82 Å². The molecule has 124 valence electrons. The van der Waals surface area contributed by atoms with Gasteiger partial charge in [0.2, 0.25) is 0 Å². The number of para-hydroxylation sites is 1. The number of aromatic nitrogens is 2. The van der Waals surface area contributed by atoms with Crippen LogP contribution in [0.1, 0.15) is 16.7 Å². The minimum atomic E-state index is -3.69. The van der Waals surface area contributed by atoms with Gasteiger partial charge in [-0.1, -0.05) is 35.9 Å². The summed E-state index contributed by atoms with van der Waals surface area (Å²) in [7, 11) is -3.69. The van der Waals surface area contributed by atoms with Gasteiger partial charge in [0.15, 0.2) is 0 Å². The normalized spacial score (nSPS) is 11.5. The first-order valence-electron chi connectivity index (χ1n) is 7.57. The third-order valence-electron chi connectivity index (χ3n) is 3.80. The molecule has 0 radical (unpaired) electrons. The van der Waals surface area contributed by atoms with Crippen molar-refractivity contribution < 1.29 is 8.42 Å². The molecule has 0 aliphatic carbocycles. The monoisotopic (exact) mass is 341 g/mol. The van der Waals surface area contributed by atoms with E-state index in [0.717, 1.165) is 22.4 Å². The zero-order valence-corrected chi connectivity index (χ0v) is 14.6. The van der Waals surface area contributed by atoms with Crippen LogP contribution in [0.25, 0.3) is 5.69 Å². The molecule has 1 heterocycles. The second-order valence-corrected chi connectivity index (χ2v) is 7.52. The van der Waals surface area contributed by atoms with Crippen molar-refractivity contribution in [2.75, 3.05) is 4.72 Å². The highest BCUT2D eigenvalue weighted by Gasteiger charge is 2.19. The van der Waals surface area contributed by atoms with Crippen molar-refractivity contribution in [2.45, 2.75) is 25.7 Å². The van der Waals surface area contributed by atoms with Crippen molar-refractivity contribution in [3.05, 3.63) is 71.5 Å². The fourth-order valence-electron chi connectivity index (χ4n) is 2.70. The molecule has 0 unspecified atom stereocenters. The molecule has 0 aliphatic rings. The van der Waals surface area contributed by atoms with E-state index in [-0.39, 0.29) is 4.90 Å². The number of rotatable bonds is 4. The van der Waals surface area contributed by atoms with E-state index >= 15 is 0 Å². The van der Waals surface area contributed by atoms with Crippen LogP contribution in [0.4, 0.5) is 5.69 Å². The molecule has 0 amide bonds. The zero-order valence-electron chi connectivity index (χ0n) is 13.8. The lowest BCUT2D eigenvalue weighted by Gasteiger charge is -2.13. The molecule has 3 aromatic rings. The van der Waals surface area contributed by atoms with Crippen LogP contribution in [-0.4, -0.2) is 18.2 Å². The number of nitrogens with one attached hydrogen (secondary N) is 1. The second kappa shape index (κ2) is 6.13. The standard InChI is InChI=1S/C18H19N3O2S/c1-13-9-14(2)18(15(3)10-13)20-24(22,23)17-11-19-21(12-17)16-7-5-4-6-8-16/h4-12,20H,1-3H3. The number of sulfonamides is 1. The summed E-state index contributed by atoms with van der Waals surface area (Å²) in [6.07, 6.45) is 2.87. The molecule has 1 N–H and O–H groups in total. The fraction of sp³-hybridized carbons (Fsp3) is 0.167. The van der Waals surface area contributed by atoms with Crippen molar-refractivity contribution in [1.29, 1.82) is 0 Å². The van der Waals surface area contributed by atoms with Gasteiger partial charge < -0.3 is 0 Å². The molecule has 1 aromatic heterocycles. The molecule has 3 rings (SSSR count). The van der Waals surface area contributed by atoms with Gasteiger partial charge in [0.05, 0.1) is 23.8 Å². The van der Waals surface area contributed by atoms with Gasteiger partial charge in [-0.05, 0) is 44.0 Å². The van der Waals surface area contributed by atoms with Crippen molar-refractivity contribution in [3.63, 3.8) is 0 Å². The van der Waals surface area contributed by atoms with Crippen LogP contribution in [0.15, 0.2) is 59.8 Å². The topological polar surface area (TPSA) is 64.0 Å². The summed E-state index contributed by atoms with van der Waals surface area (Å²) < 4.78 is 29.6. The average molecular weight is 341 g/mol. The molecule has 0 spiro atoms. The van der Waals surface area contributed by atoms with Crippen molar-refractivity contribution in [2.24, 2.45) is 0 Å². The SMILES string of the molecule is Cc1cc(C)c(NS(=O)(=O)c2cnn(-c3ccccc3)c2)c(C)c1. The number of anilines is 1. The molecule has 0 bridgehead atoms. The summed E-state index contributed by atoms with van der Waals surface area (Å²) in [5, 5.41) is 4.15. The number of benzene rings is 2. The predicted octanol–water partition coefficient (Wildman–Crippen LogP) is 3.60. The van der Waals surface area contributed by atoms with Crippen LogP contribution >= 0.6 is 0 Å². The van der Waals surface area contributed by atoms with E-state index in [0.29, 0.717) is 5.69 Å². The van der Waals surface area contributed by atoms with Gasteiger partial charge in [-0.3, -0.25) is 4.72 Å². The molecule has 24 heavy (non-hydrogen) atoms. The number of aryl methyl sites for hydroxylation is 3. The highest BCUT2D eigenvalue weighted by Crippen LogP contribution is 2.25. The van der Waals surface area contributed by atoms with Gasteiger partial charge in [-0.2, -0.15) is 5.10 Å². The molecule has 5 nitrogen and oxygen atoms in total. The Morgan fingerprint density at radius 1 is 1.00 bits per heavy atom. The molecule has 6 heteroatoms. The summed E-state index contributed by atoms with van der Waals surface area (Å²) in [5.41, 5.74) is 4.32. The molecular formula is C18H19N3O2S. The Hall–Kier alpha value is -2.60. The minimum Gasteiger partial charge on any atom is -0.279 e. The molecule has 0 fully saturated rings. The maximum absolute atomic E-state index is 12.7. The number of hydrogen-bond donors (Lipinski definition) is 1. The van der Waals surface area contributed by atoms with Gasteiger partial charge >= 0.3 is 0 Å². The second-order valence-electron chi connectivity index (χ2n) is 5.84. The fourth-order valence-corrected chi connectivity index (χ4v) is 3.83. The quantitative estimate of drug-likeness (QED) is 0.788. The van der Waals surface area contributed by atoms with Crippen molar-refractivity contribution in [1.82, 2.24) is 9.78 Å². The zero-order chi connectivity index (χ0) is 17.3. The van der Waals surface area contributed by atoms with E-state index in [1.807, 2.05) is 63.2 Å². The van der Waals surface area contributed by atoms with E-state index in [1.54, 1.807) is 4.68 Å². The van der Waals surface area contributed by atoms with Gasteiger partial charge in [-0.15, -0.1) is 0 Å². The van der Waals surface area contributed by atoms with Crippen LogP contribution in [-0.2, 0) is 10.0 Å². The smallest absolute Gasteiger partial charge is 0.265 e. The Kier molecular flexibility index (Phi) is 4.15. The molecule has 0 saturated heterocycles. The molecule has 0 atom stereocenters. The summed E-state index contributed by atoms with van der Waals surface area (Å²) in [4.78, 5) is 0.130. The first-order chi connectivity index (χ1) is 11.4. The van der Waals surface area contributed by atoms with Crippen molar-refractivity contribution >= 4 is 15.7 Å². The third kappa shape index (κ3) is 3.19. The van der Waals surface area contributed by atoms with Gasteiger partial charge in [-0.25, -0.2) is 13.1 Å². The Morgan fingerprint density at radius 2 is 1.62 bits per heavy atom. The van der Waals surface area contributed by atoms with Crippen LogP contribution in [0.3, 0.4) is 0 Å². The number of nitrogens with zero attached hydrogens (tertiary/aromatic N) is 2. The maximum Gasteiger partial charge on any atom is 0.265 e. The maximum atomic E-state index is 12.7. The summed E-state index contributed by atoms with van der Waals surface area (Å²) in [6.45, 7) is 5.78. The molecule has 2 aromatic carbocycles. The largest absolute Gasteiger partial charge is 0.279 e. The average Bonchev–Trinajstić information content (AvgIpc) is 3.03. The Bertz CT molecular complexity index is 954. The van der Waals surface area contributed by atoms with Crippen LogP contribution in [0, 0.1) is 20.8 Å². The van der Waals surface area contributed by atoms with Crippen LogP contribution < -0.4 is 4.72 Å². The molecule has 0 aliphatic heterocycles. The Morgan fingerprint density at radius 3 is 2.25 bits per heavy atom.